The van der Waals surface area contributed by atoms with E-state index in [4.69, 9.17) is 9.47 Å². The van der Waals surface area contributed by atoms with Crippen molar-refractivity contribution >= 4 is 47.4 Å². The second kappa shape index (κ2) is 21.3. The second-order valence-electron chi connectivity index (χ2n) is 17.4. The molecule has 2 aliphatic carbocycles. The minimum atomic E-state index is -1.07. The van der Waals surface area contributed by atoms with Crippen molar-refractivity contribution in [1.82, 2.24) is 31.9 Å². The van der Waals surface area contributed by atoms with Gasteiger partial charge in [-0.15, -0.1) is 0 Å². The van der Waals surface area contributed by atoms with E-state index in [9.17, 15) is 38.4 Å². The van der Waals surface area contributed by atoms with E-state index in [0.717, 1.165) is 0 Å². The van der Waals surface area contributed by atoms with Gasteiger partial charge < -0.3 is 41.4 Å². The average Bonchev–Trinajstić information content (AvgIpc) is 3.75. The van der Waals surface area contributed by atoms with Crippen LogP contribution in [-0.2, 0) is 47.8 Å². The summed E-state index contributed by atoms with van der Waals surface area (Å²) in [5.74, 6) is -8.98. The first kappa shape index (κ1) is 48.6. The number of nitrogens with one attached hydrogen (secondary N) is 6. The van der Waals surface area contributed by atoms with Crippen molar-refractivity contribution in [2.75, 3.05) is 14.2 Å². The third kappa shape index (κ3) is 12.5. The van der Waals surface area contributed by atoms with Gasteiger partial charge in [0.25, 0.3) is 0 Å². The van der Waals surface area contributed by atoms with Gasteiger partial charge >= 0.3 is 11.9 Å². The highest BCUT2D eigenvalue weighted by Gasteiger charge is 2.52. The van der Waals surface area contributed by atoms with E-state index in [0.29, 0.717) is 6.42 Å². The Morgan fingerprint density at radius 1 is 0.404 bits per heavy atom. The number of fused-ring (bicyclic) bond motifs is 2. The first-order chi connectivity index (χ1) is 26.5. The summed E-state index contributed by atoms with van der Waals surface area (Å²) < 4.78 is 9.68. The van der Waals surface area contributed by atoms with Gasteiger partial charge in [-0.05, 0) is 53.8 Å². The third-order valence-electron chi connectivity index (χ3n) is 10.9. The molecule has 0 aromatic heterocycles. The molecular formula is C41H68N6O10. The molecule has 0 spiro atoms. The van der Waals surface area contributed by atoms with E-state index in [1.54, 1.807) is 83.1 Å². The number of carbonyl (C=O) groups excluding carboxylic acids is 8. The van der Waals surface area contributed by atoms with Gasteiger partial charge in [0.2, 0.25) is 35.4 Å². The van der Waals surface area contributed by atoms with Gasteiger partial charge in [0.05, 0.1) is 26.1 Å². The van der Waals surface area contributed by atoms with Crippen molar-refractivity contribution < 1.29 is 47.8 Å². The van der Waals surface area contributed by atoms with E-state index >= 15 is 0 Å². The molecule has 16 heteroatoms. The highest BCUT2D eigenvalue weighted by Crippen LogP contribution is 2.48. The number of allylic oxidation sites excluding steroid dienone is 2. The third-order valence-corrected chi connectivity index (χ3v) is 10.9. The van der Waals surface area contributed by atoms with Gasteiger partial charge in [0, 0.05) is 0 Å². The van der Waals surface area contributed by atoms with Crippen LogP contribution in [0.1, 0.15) is 89.5 Å². The molecule has 6 N–H and O–H groups in total. The highest BCUT2D eigenvalue weighted by molar-refractivity contribution is 5.97. The van der Waals surface area contributed by atoms with E-state index < -0.39 is 107 Å². The Bertz CT molecular complexity index is 1400. The van der Waals surface area contributed by atoms with Crippen molar-refractivity contribution in [2.45, 2.75) is 126 Å². The van der Waals surface area contributed by atoms with Crippen molar-refractivity contribution in [3.05, 3.63) is 12.2 Å². The minimum absolute atomic E-state index is 0.279. The molecule has 2 bridgehead atoms. The fraction of sp³-hybridized carbons (Fsp3) is 0.756. The molecule has 322 valence electrons. The van der Waals surface area contributed by atoms with Gasteiger partial charge in [-0.2, -0.15) is 0 Å². The number of amides is 6. The van der Waals surface area contributed by atoms with Crippen LogP contribution in [0, 0.1) is 59.2 Å². The molecule has 0 aromatic carbocycles. The van der Waals surface area contributed by atoms with Crippen LogP contribution in [0.3, 0.4) is 0 Å². The lowest BCUT2D eigenvalue weighted by Gasteiger charge is -2.32. The molecule has 0 aliphatic heterocycles. The Labute approximate surface area is 337 Å². The zero-order valence-corrected chi connectivity index (χ0v) is 36.2. The van der Waals surface area contributed by atoms with E-state index in [-0.39, 0.29) is 35.5 Å². The standard InChI is InChI=1S/C41H68N6O10/c1-18(2)28(36(50)44-30(20(5)6)38(52)46-32(22(9)10)40(54)56-13)42-34(48)26-24-15-16-25(17-24)27(26)35(49)43-29(19(3)4)37(51)45-31(21(7)8)39(53)47-33(23(11)12)41(55)57-14/h15-16,18-33H,17H2,1-14H3,(H,42,48)(H,43,49)(H,44,50)(H,45,51)(H,46,52)(H,47,53)/t24-,25+,26-,27+,28-,29-,30-,31-,32-,33-/m0/s1. The summed E-state index contributed by atoms with van der Waals surface area (Å²) in [5.41, 5.74) is 0. The van der Waals surface area contributed by atoms with Crippen molar-refractivity contribution in [2.24, 2.45) is 59.2 Å². The summed E-state index contributed by atoms with van der Waals surface area (Å²) in [7, 11) is 2.45. The largest absolute Gasteiger partial charge is 0.467 e. The lowest BCUT2D eigenvalue weighted by molar-refractivity contribution is -0.147. The van der Waals surface area contributed by atoms with Crippen LogP contribution in [0.25, 0.3) is 0 Å². The minimum Gasteiger partial charge on any atom is -0.467 e. The molecule has 2 rings (SSSR count). The molecule has 1 fully saturated rings. The second-order valence-corrected chi connectivity index (χ2v) is 17.4. The van der Waals surface area contributed by atoms with Crippen LogP contribution in [-0.4, -0.2) is 97.9 Å². The maximum atomic E-state index is 14.1. The van der Waals surface area contributed by atoms with Crippen LogP contribution in [0.2, 0.25) is 0 Å². The maximum Gasteiger partial charge on any atom is 0.328 e. The lowest BCUT2D eigenvalue weighted by Crippen LogP contribution is -2.60. The fourth-order valence-corrected chi connectivity index (χ4v) is 7.40. The Balaban J connectivity index is 2.27. The van der Waals surface area contributed by atoms with Crippen molar-refractivity contribution in [1.29, 1.82) is 0 Å². The molecule has 0 heterocycles. The van der Waals surface area contributed by atoms with Gasteiger partial charge in [0.15, 0.2) is 0 Å². The lowest BCUT2D eigenvalue weighted by atomic mass is 9.81. The quantitative estimate of drug-likeness (QED) is 0.0770. The van der Waals surface area contributed by atoms with Crippen LogP contribution in [0.15, 0.2) is 12.2 Å². The van der Waals surface area contributed by atoms with Crippen LogP contribution in [0.4, 0.5) is 0 Å². The molecule has 16 nitrogen and oxygen atoms in total. The van der Waals surface area contributed by atoms with Crippen LogP contribution in [0.5, 0.6) is 0 Å². The smallest absolute Gasteiger partial charge is 0.328 e. The molecule has 10 atom stereocenters. The molecule has 6 amide bonds. The summed E-state index contributed by atoms with van der Waals surface area (Å²) in [4.78, 5) is 107. The summed E-state index contributed by atoms with van der Waals surface area (Å²) in [6, 6.07) is -6.05. The van der Waals surface area contributed by atoms with Gasteiger partial charge in [-0.1, -0.05) is 95.2 Å². The average molecular weight is 805 g/mol. The van der Waals surface area contributed by atoms with E-state index in [1.165, 1.54) is 14.2 Å². The Hall–Kier alpha value is -4.50. The molecular weight excluding hydrogens is 736 g/mol. The summed E-state index contributed by atoms with van der Waals surface area (Å²) in [5, 5.41) is 16.6. The molecule has 1 saturated carbocycles. The summed E-state index contributed by atoms with van der Waals surface area (Å²) >= 11 is 0. The number of esters is 2. The Morgan fingerprint density at radius 3 is 0.860 bits per heavy atom. The SMILES string of the molecule is COC(=O)[C@@H](NC(=O)[C@@H](NC(=O)[C@@H](NC(=O)[C@@H]1[C@H](C(=O)N[C@H](C(=O)N[C@H](C(=O)N[C@H](C(=O)OC)C(C)C)C(C)C)C(C)C)[C@@H]2C=C[C@H]1C2)C(C)C)C(C)C)C(C)C. The number of ether oxygens (including phenoxy) is 2. The maximum absolute atomic E-state index is 14.1. The number of hydrogen-bond acceptors (Lipinski definition) is 10. The van der Waals surface area contributed by atoms with E-state index in [2.05, 4.69) is 31.9 Å². The number of rotatable bonds is 20. The predicted molar refractivity (Wildman–Crippen MR) is 212 cm³/mol. The summed E-state index contributed by atoms with van der Waals surface area (Å²) in [6.45, 7) is 21.0. The van der Waals surface area contributed by atoms with Crippen molar-refractivity contribution in [3.8, 4) is 0 Å². The predicted octanol–water partition coefficient (Wildman–Crippen LogP) is 1.62. The Morgan fingerprint density at radius 2 is 0.632 bits per heavy atom. The van der Waals surface area contributed by atoms with Gasteiger partial charge in [-0.3, -0.25) is 28.8 Å². The highest BCUT2D eigenvalue weighted by atomic mass is 16.5. The molecule has 0 saturated heterocycles. The number of hydrogen-bond donors (Lipinski definition) is 6. The molecule has 2 aliphatic rings. The normalized spacial score (nSPS) is 21.8. The van der Waals surface area contributed by atoms with Crippen molar-refractivity contribution in [3.63, 3.8) is 0 Å². The summed E-state index contributed by atoms with van der Waals surface area (Å²) in [6.07, 6.45) is 4.32. The molecule has 0 radical (unpaired) electrons. The zero-order chi connectivity index (χ0) is 43.6. The molecule has 0 aromatic rings. The molecule has 57 heavy (non-hydrogen) atoms. The number of methoxy groups -OCH3 is 2. The monoisotopic (exact) mass is 804 g/mol. The molecule has 0 unspecified atom stereocenters. The van der Waals surface area contributed by atoms with Crippen LogP contribution >= 0.6 is 0 Å². The first-order valence-electron chi connectivity index (χ1n) is 20.1. The fourth-order valence-electron chi connectivity index (χ4n) is 7.40. The zero-order valence-electron chi connectivity index (χ0n) is 36.2. The van der Waals surface area contributed by atoms with Gasteiger partial charge in [0.1, 0.15) is 36.3 Å². The topological polar surface area (TPSA) is 227 Å². The van der Waals surface area contributed by atoms with Crippen LogP contribution < -0.4 is 31.9 Å². The first-order valence-corrected chi connectivity index (χ1v) is 20.1. The van der Waals surface area contributed by atoms with Gasteiger partial charge in [-0.25, -0.2) is 9.59 Å². The number of carbonyl (C=O) groups is 8. The Kier molecular flexibility index (Phi) is 18.2. The van der Waals surface area contributed by atoms with E-state index in [1.807, 2.05) is 12.2 Å².